The summed E-state index contributed by atoms with van der Waals surface area (Å²) in [5, 5.41) is 0. The second kappa shape index (κ2) is 1.35. The summed E-state index contributed by atoms with van der Waals surface area (Å²) in [7, 11) is 0. The first-order valence-electron chi connectivity index (χ1n) is 2.89. The number of hydrogen-bond donors (Lipinski definition) is 0. The lowest BCUT2D eigenvalue weighted by Crippen LogP contribution is -1.97. The molecule has 2 aliphatic carbocycles. The lowest BCUT2D eigenvalue weighted by atomic mass is 9.89. The molecule has 0 unspecified atom stereocenters. The summed E-state index contributed by atoms with van der Waals surface area (Å²) in [6.07, 6.45) is 12.0. The van der Waals surface area contributed by atoms with Crippen molar-refractivity contribution in [1.82, 2.24) is 0 Å². The molecule has 0 heterocycles. The van der Waals surface area contributed by atoms with Gasteiger partial charge in [-0.15, -0.1) is 0 Å². The van der Waals surface area contributed by atoms with Gasteiger partial charge in [-0.05, 0) is 24.0 Å². The number of rotatable bonds is 0. The third-order valence-electron chi connectivity index (χ3n) is 1.55. The van der Waals surface area contributed by atoms with Crippen molar-refractivity contribution in [3.05, 3.63) is 41.9 Å². The standard InChI is InChI=1S/C8H7/c1-2-4-8-6-5-7(8)3-1/h1,3-6H,2H2. The minimum absolute atomic E-state index is 1.11. The van der Waals surface area contributed by atoms with E-state index in [0.717, 1.165) is 6.42 Å². The minimum Gasteiger partial charge on any atom is -0.0761 e. The second-order valence-electron chi connectivity index (χ2n) is 2.09. The lowest BCUT2D eigenvalue weighted by molar-refractivity contribution is 1.19. The van der Waals surface area contributed by atoms with Crippen LogP contribution in [0.2, 0.25) is 0 Å². The molecule has 0 aromatic rings. The molecular weight excluding hydrogens is 96.1 g/mol. The van der Waals surface area contributed by atoms with Crippen molar-refractivity contribution >= 4 is 0 Å². The van der Waals surface area contributed by atoms with Gasteiger partial charge in [0.05, 0.1) is 0 Å². The summed E-state index contributed by atoms with van der Waals surface area (Å²) >= 11 is 0. The van der Waals surface area contributed by atoms with Crippen LogP contribution < -0.4 is 0 Å². The van der Waals surface area contributed by atoms with Gasteiger partial charge in [0.2, 0.25) is 0 Å². The zero-order valence-corrected chi connectivity index (χ0v) is 4.59. The predicted octanol–water partition coefficient (Wildman–Crippen LogP) is 2.02. The van der Waals surface area contributed by atoms with Crippen LogP contribution in [0.3, 0.4) is 0 Å². The van der Waals surface area contributed by atoms with Crippen molar-refractivity contribution in [3.8, 4) is 0 Å². The third-order valence-corrected chi connectivity index (χ3v) is 1.55. The van der Waals surface area contributed by atoms with Gasteiger partial charge in [-0.2, -0.15) is 0 Å². The van der Waals surface area contributed by atoms with E-state index in [1.165, 1.54) is 11.1 Å². The molecule has 0 saturated carbocycles. The molecule has 0 heteroatoms. The lowest BCUT2D eigenvalue weighted by Gasteiger charge is -2.15. The molecule has 8 heavy (non-hydrogen) atoms. The summed E-state index contributed by atoms with van der Waals surface area (Å²) in [4.78, 5) is 0. The first-order chi connectivity index (χ1) is 3.97. The maximum absolute atomic E-state index is 2.25. The van der Waals surface area contributed by atoms with Crippen LogP contribution in [0, 0.1) is 6.42 Å². The summed E-state index contributed by atoms with van der Waals surface area (Å²) in [5.74, 6) is 0. The highest BCUT2D eigenvalue weighted by Gasteiger charge is 2.08. The predicted molar refractivity (Wildman–Crippen MR) is 34.2 cm³/mol. The van der Waals surface area contributed by atoms with Crippen LogP contribution in [0.1, 0.15) is 6.42 Å². The van der Waals surface area contributed by atoms with E-state index in [2.05, 4.69) is 30.7 Å². The van der Waals surface area contributed by atoms with Crippen LogP contribution in [-0.4, -0.2) is 0 Å². The van der Waals surface area contributed by atoms with Gasteiger partial charge in [0.1, 0.15) is 0 Å². The average Bonchev–Trinajstić information content (AvgIpc) is 1.72. The fourth-order valence-corrected chi connectivity index (χ4v) is 1.00. The Morgan fingerprint density at radius 1 is 1.12 bits per heavy atom. The zero-order chi connectivity index (χ0) is 5.40. The Labute approximate surface area is 49.2 Å². The van der Waals surface area contributed by atoms with E-state index in [-0.39, 0.29) is 0 Å². The Kier molecular flexibility index (Phi) is 0.696. The van der Waals surface area contributed by atoms with Gasteiger partial charge in [-0.3, -0.25) is 0 Å². The Hall–Kier alpha value is -0.780. The molecule has 39 valence electrons. The normalized spacial score (nSPS) is 23.0. The van der Waals surface area contributed by atoms with E-state index >= 15 is 0 Å². The van der Waals surface area contributed by atoms with Gasteiger partial charge in [0.25, 0.3) is 0 Å². The van der Waals surface area contributed by atoms with Crippen LogP contribution in [0.25, 0.3) is 0 Å². The molecule has 0 amide bonds. The van der Waals surface area contributed by atoms with E-state index in [4.69, 9.17) is 0 Å². The van der Waals surface area contributed by atoms with Crippen molar-refractivity contribution in [1.29, 1.82) is 0 Å². The molecule has 0 aliphatic heterocycles. The van der Waals surface area contributed by atoms with Crippen LogP contribution >= 0.6 is 0 Å². The minimum atomic E-state index is 1.11. The highest BCUT2D eigenvalue weighted by atomic mass is 14.1. The first kappa shape index (κ1) is 4.13. The molecule has 1 radical (unpaired) electrons. The van der Waals surface area contributed by atoms with Crippen LogP contribution in [-0.2, 0) is 0 Å². The highest BCUT2D eigenvalue weighted by Crippen LogP contribution is 2.27. The van der Waals surface area contributed by atoms with Crippen molar-refractivity contribution in [2.24, 2.45) is 0 Å². The topological polar surface area (TPSA) is 0 Å². The summed E-state index contributed by atoms with van der Waals surface area (Å²) < 4.78 is 0. The van der Waals surface area contributed by atoms with Gasteiger partial charge < -0.3 is 0 Å². The van der Waals surface area contributed by atoms with Crippen molar-refractivity contribution < 1.29 is 0 Å². The highest BCUT2D eigenvalue weighted by molar-refractivity contribution is 5.59. The van der Waals surface area contributed by atoms with Crippen LogP contribution in [0.5, 0.6) is 0 Å². The van der Waals surface area contributed by atoms with Gasteiger partial charge >= 0.3 is 0 Å². The Morgan fingerprint density at radius 3 is 2.38 bits per heavy atom. The monoisotopic (exact) mass is 103 g/mol. The maximum atomic E-state index is 2.25. The van der Waals surface area contributed by atoms with Crippen molar-refractivity contribution in [2.45, 2.75) is 6.42 Å². The molecule has 0 aromatic heterocycles. The molecule has 0 N–H and O–H groups in total. The van der Waals surface area contributed by atoms with E-state index in [9.17, 15) is 0 Å². The molecule has 0 bridgehead atoms. The molecule has 0 saturated heterocycles. The van der Waals surface area contributed by atoms with E-state index in [1.54, 1.807) is 0 Å². The van der Waals surface area contributed by atoms with Crippen LogP contribution in [0.4, 0.5) is 0 Å². The average molecular weight is 103 g/mol. The van der Waals surface area contributed by atoms with Gasteiger partial charge in [-0.25, -0.2) is 0 Å². The molecular formula is C8H7. The maximum Gasteiger partial charge on any atom is -0.0123 e. The van der Waals surface area contributed by atoms with E-state index < -0.39 is 0 Å². The van der Waals surface area contributed by atoms with Gasteiger partial charge in [0, 0.05) is 0 Å². The molecule has 2 rings (SSSR count). The largest absolute Gasteiger partial charge is 0.0761 e. The summed E-state index contributed by atoms with van der Waals surface area (Å²) in [5.41, 5.74) is 2.82. The Bertz CT molecular complexity index is 170. The van der Waals surface area contributed by atoms with Crippen LogP contribution in [0.15, 0.2) is 35.5 Å². The molecule has 0 atom stereocenters. The molecule has 0 fully saturated rings. The van der Waals surface area contributed by atoms with Gasteiger partial charge in [-0.1, -0.05) is 24.3 Å². The van der Waals surface area contributed by atoms with Gasteiger partial charge in [0.15, 0.2) is 0 Å². The first-order valence-corrected chi connectivity index (χ1v) is 2.89. The van der Waals surface area contributed by atoms with Crippen molar-refractivity contribution in [2.75, 3.05) is 0 Å². The molecule has 2 aliphatic rings. The van der Waals surface area contributed by atoms with E-state index in [1.807, 2.05) is 0 Å². The number of hydrogen-bond acceptors (Lipinski definition) is 0. The molecule has 0 spiro atoms. The summed E-state index contributed by atoms with van der Waals surface area (Å²) in [6, 6.07) is 0. The Morgan fingerprint density at radius 2 is 2.00 bits per heavy atom. The number of allylic oxidation sites excluding steroid dienone is 6. The number of fused-ring (bicyclic) bond motifs is 1. The SMILES string of the molecule is [CH]1C=C2C=CC2=CC1. The zero-order valence-electron chi connectivity index (χ0n) is 4.59. The quantitative estimate of drug-likeness (QED) is 0.440. The smallest absolute Gasteiger partial charge is 0.0123 e. The van der Waals surface area contributed by atoms with E-state index in [0.29, 0.717) is 0 Å². The molecule has 0 aromatic carbocycles. The Balaban J connectivity index is 2.45. The fraction of sp³-hybridized carbons (Fsp3) is 0.125. The summed E-state index contributed by atoms with van der Waals surface area (Å²) in [6.45, 7) is 0. The fourth-order valence-electron chi connectivity index (χ4n) is 1.00. The van der Waals surface area contributed by atoms with Crippen molar-refractivity contribution in [3.63, 3.8) is 0 Å². The second-order valence-corrected chi connectivity index (χ2v) is 2.09. The molecule has 0 nitrogen and oxygen atoms in total. The third kappa shape index (κ3) is 0.401.